The predicted molar refractivity (Wildman–Crippen MR) is 46.5 cm³/mol. The first-order valence-electron chi connectivity index (χ1n) is 4.51. The molecule has 0 radical (unpaired) electrons. The first-order valence-corrected chi connectivity index (χ1v) is 4.51. The Hall–Kier alpha value is -1.10. The second kappa shape index (κ2) is 3.33. The summed E-state index contributed by atoms with van der Waals surface area (Å²) in [6.45, 7) is 1.13. The van der Waals surface area contributed by atoms with Crippen molar-refractivity contribution in [2.24, 2.45) is 0 Å². The first kappa shape index (κ1) is 8.50. The van der Waals surface area contributed by atoms with Crippen molar-refractivity contribution in [3.63, 3.8) is 0 Å². The fourth-order valence-electron chi connectivity index (χ4n) is 1.81. The Kier molecular flexibility index (Phi) is 2.18. The van der Waals surface area contributed by atoms with Gasteiger partial charge < -0.3 is 4.90 Å². The summed E-state index contributed by atoms with van der Waals surface area (Å²) in [6.07, 6.45) is 3.18. The summed E-state index contributed by atoms with van der Waals surface area (Å²) >= 11 is 0. The molecule has 1 N–H and O–H groups in total. The molecule has 5 heteroatoms. The molecule has 0 saturated carbocycles. The highest BCUT2D eigenvalue weighted by molar-refractivity contribution is 4.88. The van der Waals surface area contributed by atoms with E-state index in [2.05, 4.69) is 26.6 Å². The summed E-state index contributed by atoms with van der Waals surface area (Å²) in [5.74, 6) is 0.194. The Bertz CT molecular complexity index is 330. The molecule has 0 amide bonds. The van der Waals surface area contributed by atoms with E-state index in [4.69, 9.17) is 0 Å². The molecule has 1 atom stereocenters. The van der Waals surface area contributed by atoms with Crippen molar-refractivity contribution >= 4 is 0 Å². The van der Waals surface area contributed by atoms with E-state index < -0.39 is 5.76 Å². The molecule has 72 valence electrons. The minimum atomic E-state index is -0.462. The smallest absolute Gasteiger partial charge is 0.303 e. The molecule has 0 bridgehead atoms. The van der Waals surface area contributed by atoms with Crippen LogP contribution in [0.25, 0.3) is 0 Å². The number of H-pyrrole nitrogens is 1. The average molecular weight is 183 g/mol. The summed E-state index contributed by atoms with van der Waals surface area (Å²) in [4.78, 5) is 15.5. The van der Waals surface area contributed by atoms with Gasteiger partial charge in [0, 0.05) is 12.5 Å². The molecule has 1 aliphatic heterocycles. The molecule has 2 rings (SSSR count). The Morgan fingerprint density at radius 3 is 3.15 bits per heavy atom. The van der Waals surface area contributed by atoms with E-state index in [1.165, 1.54) is 12.8 Å². The van der Waals surface area contributed by atoms with E-state index in [0.29, 0.717) is 11.9 Å². The van der Waals surface area contributed by atoms with E-state index in [-0.39, 0.29) is 0 Å². The lowest BCUT2D eigenvalue weighted by Gasteiger charge is -2.16. The van der Waals surface area contributed by atoms with Gasteiger partial charge in [-0.15, -0.1) is 0 Å². The van der Waals surface area contributed by atoms with Crippen molar-refractivity contribution in [3.8, 4) is 0 Å². The summed E-state index contributed by atoms with van der Waals surface area (Å²) < 4.78 is 4.43. The van der Waals surface area contributed by atoms with Crippen LogP contribution in [-0.4, -0.2) is 34.7 Å². The van der Waals surface area contributed by atoms with E-state index in [0.717, 1.165) is 13.0 Å². The van der Waals surface area contributed by atoms with Crippen LogP contribution in [0.5, 0.6) is 0 Å². The van der Waals surface area contributed by atoms with Gasteiger partial charge >= 0.3 is 5.76 Å². The minimum Gasteiger partial charge on any atom is -0.303 e. The van der Waals surface area contributed by atoms with Crippen molar-refractivity contribution in [2.75, 3.05) is 13.6 Å². The van der Waals surface area contributed by atoms with Gasteiger partial charge in [0.1, 0.15) is 0 Å². The van der Waals surface area contributed by atoms with Gasteiger partial charge in [-0.2, -0.15) is 0 Å². The molecule has 0 spiro atoms. The van der Waals surface area contributed by atoms with Crippen LogP contribution in [0, 0.1) is 0 Å². The molecule has 0 aliphatic carbocycles. The third-order valence-corrected chi connectivity index (χ3v) is 2.59. The monoisotopic (exact) mass is 183 g/mol. The highest BCUT2D eigenvalue weighted by atomic mass is 16.5. The van der Waals surface area contributed by atoms with Crippen LogP contribution in [0.2, 0.25) is 0 Å². The lowest BCUT2D eigenvalue weighted by Crippen LogP contribution is -2.27. The molecular formula is C8H13N3O2. The van der Waals surface area contributed by atoms with Crippen LogP contribution in [-0.2, 0) is 6.42 Å². The minimum absolute atomic E-state index is 0.462. The molecule has 1 aromatic heterocycles. The van der Waals surface area contributed by atoms with Gasteiger partial charge in [0.25, 0.3) is 0 Å². The van der Waals surface area contributed by atoms with E-state index in [1.807, 2.05) is 0 Å². The van der Waals surface area contributed by atoms with Gasteiger partial charge in [0.2, 0.25) is 0 Å². The zero-order valence-electron chi connectivity index (χ0n) is 7.62. The predicted octanol–water partition coefficient (Wildman–Crippen LogP) is -0.000400. The Morgan fingerprint density at radius 2 is 2.62 bits per heavy atom. The molecule has 1 aliphatic rings. The quantitative estimate of drug-likeness (QED) is 0.701. The molecule has 2 heterocycles. The van der Waals surface area contributed by atoms with Crippen LogP contribution in [0.15, 0.2) is 9.32 Å². The van der Waals surface area contributed by atoms with Crippen LogP contribution >= 0.6 is 0 Å². The first-order chi connectivity index (χ1) is 6.25. The number of likely N-dealkylation sites (tertiary alicyclic amines) is 1. The highest BCUT2D eigenvalue weighted by Gasteiger charge is 2.22. The molecule has 0 aromatic carbocycles. The standard InChI is InChI=1S/C8H13N3O2/c1-11-4-2-3-6(11)5-7-9-8(12)13-10-7/h6H,2-5H2,1H3,(H,9,10,12). The van der Waals surface area contributed by atoms with E-state index >= 15 is 0 Å². The third kappa shape index (κ3) is 1.80. The summed E-state index contributed by atoms with van der Waals surface area (Å²) in [5.41, 5.74) is 0. The van der Waals surface area contributed by atoms with Crippen LogP contribution in [0.1, 0.15) is 18.7 Å². The van der Waals surface area contributed by atoms with Gasteiger partial charge in [-0.25, -0.2) is 4.79 Å². The zero-order valence-corrected chi connectivity index (χ0v) is 7.62. The molecule has 1 fully saturated rings. The maximum atomic E-state index is 10.6. The summed E-state index contributed by atoms with van der Waals surface area (Å²) in [7, 11) is 2.09. The Labute approximate surface area is 75.7 Å². The molecular weight excluding hydrogens is 170 g/mol. The maximum Gasteiger partial charge on any atom is 0.438 e. The lowest BCUT2D eigenvalue weighted by molar-refractivity contribution is 0.301. The maximum absolute atomic E-state index is 10.6. The van der Waals surface area contributed by atoms with Crippen molar-refractivity contribution < 1.29 is 4.52 Å². The Morgan fingerprint density at radius 1 is 1.77 bits per heavy atom. The fraction of sp³-hybridized carbons (Fsp3) is 0.750. The lowest BCUT2D eigenvalue weighted by atomic mass is 10.1. The number of hydrogen-bond donors (Lipinski definition) is 1. The van der Waals surface area contributed by atoms with Crippen LogP contribution in [0.4, 0.5) is 0 Å². The second-order valence-electron chi connectivity index (χ2n) is 3.52. The zero-order chi connectivity index (χ0) is 9.26. The van der Waals surface area contributed by atoms with Gasteiger partial charge in [0.15, 0.2) is 5.82 Å². The number of rotatable bonds is 2. The van der Waals surface area contributed by atoms with Crippen molar-refractivity contribution in [2.45, 2.75) is 25.3 Å². The molecule has 1 saturated heterocycles. The number of nitrogens with one attached hydrogen (secondary N) is 1. The number of hydrogen-bond acceptors (Lipinski definition) is 4. The number of likely N-dealkylation sites (N-methyl/N-ethyl adjacent to an activating group) is 1. The van der Waals surface area contributed by atoms with E-state index in [1.54, 1.807) is 0 Å². The molecule has 1 unspecified atom stereocenters. The van der Waals surface area contributed by atoms with Gasteiger partial charge in [-0.3, -0.25) is 9.51 Å². The van der Waals surface area contributed by atoms with Crippen molar-refractivity contribution in [3.05, 3.63) is 16.4 Å². The normalized spacial score (nSPS) is 23.9. The second-order valence-corrected chi connectivity index (χ2v) is 3.52. The number of aromatic amines is 1. The number of nitrogens with zero attached hydrogens (tertiary/aromatic N) is 2. The third-order valence-electron chi connectivity index (χ3n) is 2.59. The van der Waals surface area contributed by atoms with Gasteiger partial charge in [0.05, 0.1) is 0 Å². The Balaban J connectivity index is 2.01. The van der Waals surface area contributed by atoms with Crippen LogP contribution < -0.4 is 5.76 Å². The largest absolute Gasteiger partial charge is 0.438 e. The molecule has 13 heavy (non-hydrogen) atoms. The van der Waals surface area contributed by atoms with E-state index in [9.17, 15) is 4.79 Å². The topological polar surface area (TPSA) is 62.1 Å². The number of aromatic nitrogens is 2. The molecule has 1 aromatic rings. The fourth-order valence-corrected chi connectivity index (χ4v) is 1.81. The molecule has 5 nitrogen and oxygen atoms in total. The van der Waals surface area contributed by atoms with Crippen molar-refractivity contribution in [1.29, 1.82) is 0 Å². The van der Waals surface area contributed by atoms with Crippen molar-refractivity contribution in [1.82, 2.24) is 15.0 Å². The van der Waals surface area contributed by atoms with Crippen LogP contribution in [0.3, 0.4) is 0 Å². The average Bonchev–Trinajstić information content (AvgIpc) is 2.64. The van der Waals surface area contributed by atoms with Gasteiger partial charge in [-0.1, -0.05) is 5.16 Å². The SMILES string of the molecule is CN1CCCC1Cc1noc(=O)[nH]1. The highest BCUT2D eigenvalue weighted by Crippen LogP contribution is 2.16. The van der Waals surface area contributed by atoms with Gasteiger partial charge in [-0.05, 0) is 26.4 Å². The summed E-state index contributed by atoms with van der Waals surface area (Å²) in [6, 6.07) is 0.501. The summed E-state index contributed by atoms with van der Waals surface area (Å²) in [5, 5.41) is 3.64.